The van der Waals surface area contributed by atoms with Crippen LogP contribution < -0.4 is 0 Å². The summed E-state index contributed by atoms with van der Waals surface area (Å²) < 4.78 is 0. The fourth-order valence-electron chi connectivity index (χ4n) is 0.723. The average Bonchev–Trinajstić information content (AvgIpc) is 2.37. The Balaban J connectivity index is -0.000000258. The third-order valence-electron chi connectivity index (χ3n) is 1.39. The van der Waals surface area contributed by atoms with E-state index in [1.54, 1.807) is 30.3 Å². The van der Waals surface area contributed by atoms with Gasteiger partial charge in [-0.3, -0.25) is 4.79 Å². The summed E-state index contributed by atoms with van der Waals surface area (Å²) in [6.45, 7) is 1.08. The molecule has 116 valence electrons. The summed E-state index contributed by atoms with van der Waals surface area (Å²) in [5.41, 5.74) is 0.331. The molecule has 0 aliphatic heterocycles. The van der Waals surface area contributed by atoms with Crippen molar-refractivity contribution in [3.63, 3.8) is 0 Å². The van der Waals surface area contributed by atoms with Crippen LogP contribution in [0.25, 0.3) is 0 Å². The minimum absolute atomic E-state index is 0. The van der Waals surface area contributed by atoms with Crippen LogP contribution in [-0.2, 0) is 14.4 Å². The topological polar surface area (TPSA) is 149 Å². The van der Waals surface area contributed by atoms with E-state index in [0.717, 1.165) is 6.92 Å². The monoisotopic (exact) mass is 322 g/mol. The standard InChI is InChI=1S/C7H6O2.C4H4O4.C2H4O2.Na.H/c8-7(9)6-4-2-1-3-5-6;5-3(6)1-2-4(7)8;1-2(3)4;;/h1-5H,(H,8,9);1-2H,(H,5,6)(H,7,8);1H3,(H,3,4);;/b;2-1+;;;. The van der Waals surface area contributed by atoms with Gasteiger partial charge in [0, 0.05) is 19.1 Å². The van der Waals surface area contributed by atoms with Gasteiger partial charge in [0.15, 0.2) is 0 Å². The molecule has 1 rings (SSSR count). The van der Waals surface area contributed by atoms with Crippen molar-refractivity contribution < 1.29 is 39.6 Å². The average molecular weight is 322 g/mol. The predicted octanol–water partition coefficient (Wildman–Crippen LogP) is 0.539. The van der Waals surface area contributed by atoms with Gasteiger partial charge in [-0.25, -0.2) is 14.4 Å². The van der Waals surface area contributed by atoms with Crippen LogP contribution in [0.2, 0.25) is 0 Å². The maximum absolute atomic E-state index is 10.2. The van der Waals surface area contributed by atoms with Gasteiger partial charge in [0.05, 0.1) is 5.56 Å². The van der Waals surface area contributed by atoms with E-state index < -0.39 is 23.9 Å². The molecule has 0 heterocycles. The van der Waals surface area contributed by atoms with Crippen molar-refractivity contribution in [1.29, 1.82) is 0 Å². The molecule has 0 radical (unpaired) electrons. The summed E-state index contributed by atoms with van der Waals surface area (Å²) in [6.07, 6.45) is 1.12. The van der Waals surface area contributed by atoms with Crippen LogP contribution in [0.3, 0.4) is 0 Å². The molecule has 9 heteroatoms. The molecule has 0 saturated carbocycles. The van der Waals surface area contributed by atoms with E-state index in [2.05, 4.69) is 0 Å². The molecule has 4 N–H and O–H groups in total. The molecule has 0 aromatic heterocycles. The summed E-state index contributed by atoms with van der Waals surface area (Å²) in [7, 11) is 0. The fraction of sp³-hybridized carbons (Fsp3) is 0.0769. The van der Waals surface area contributed by atoms with Crippen molar-refractivity contribution in [1.82, 2.24) is 0 Å². The van der Waals surface area contributed by atoms with E-state index in [1.807, 2.05) is 0 Å². The van der Waals surface area contributed by atoms with E-state index in [4.69, 9.17) is 25.2 Å². The quantitative estimate of drug-likeness (QED) is 0.465. The van der Waals surface area contributed by atoms with Gasteiger partial charge in [-0.1, -0.05) is 18.2 Å². The molecule has 0 saturated heterocycles. The summed E-state index contributed by atoms with van der Waals surface area (Å²) in [4.78, 5) is 38.3. The first-order valence-corrected chi connectivity index (χ1v) is 5.28. The van der Waals surface area contributed by atoms with Crippen molar-refractivity contribution in [3.8, 4) is 0 Å². The van der Waals surface area contributed by atoms with Crippen LogP contribution in [0.5, 0.6) is 0 Å². The summed E-state index contributed by atoms with van der Waals surface area (Å²) >= 11 is 0. The number of hydrogen-bond acceptors (Lipinski definition) is 4. The fourth-order valence-corrected chi connectivity index (χ4v) is 0.723. The van der Waals surface area contributed by atoms with E-state index in [9.17, 15) is 14.4 Å². The number of carboxylic acids is 4. The van der Waals surface area contributed by atoms with Crippen LogP contribution in [0, 0.1) is 0 Å². The second kappa shape index (κ2) is 15.2. The third-order valence-corrected chi connectivity index (χ3v) is 1.39. The van der Waals surface area contributed by atoms with Crippen LogP contribution in [0.4, 0.5) is 0 Å². The Morgan fingerprint density at radius 2 is 1.14 bits per heavy atom. The Labute approximate surface area is 148 Å². The molecule has 22 heavy (non-hydrogen) atoms. The van der Waals surface area contributed by atoms with E-state index in [1.165, 1.54) is 0 Å². The van der Waals surface area contributed by atoms with Gasteiger partial charge >= 0.3 is 47.5 Å². The van der Waals surface area contributed by atoms with Gasteiger partial charge in [0.1, 0.15) is 0 Å². The molecule has 0 aliphatic carbocycles. The SMILES string of the molecule is CC(=O)O.O=C(O)/C=C/C(=O)O.O=C(O)c1ccccc1.[NaH]. The molecular weight excluding hydrogens is 307 g/mol. The maximum atomic E-state index is 10.2. The van der Waals surface area contributed by atoms with Crippen molar-refractivity contribution in [3.05, 3.63) is 48.0 Å². The second-order valence-corrected chi connectivity index (χ2v) is 3.20. The molecule has 0 fully saturated rings. The number of aliphatic carboxylic acids is 3. The summed E-state index contributed by atoms with van der Waals surface area (Å²) in [5, 5.41) is 31.4. The zero-order chi connectivity index (χ0) is 16.8. The normalized spacial score (nSPS) is 8.23. The first-order valence-electron chi connectivity index (χ1n) is 5.28. The number of aromatic carboxylic acids is 1. The Hall–Kier alpha value is -2.16. The summed E-state index contributed by atoms with van der Waals surface area (Å²) in [6, 6.07) is 8.30. The van der Waals surface area contributed by atoms with Crippen molar-refractivity contribution in [2.45, 2.75) is 6.92 Å². The molecule has 0 unspecified atom stereocenters. The Morgan fingerprint density at radius 3 is 1.32 bits per heavy atom. The van der Waals surface area contributed by atoms with E-state index >= 15 is 0 Å². The van der Waals surface area contributed by atoms with Crippen LogP contribution >= 0.6 is 0 Å². The third kappa shape index (κ3) is 23.0. The van der Waals surface area contributed by atoms with Gasteiger partial charge < -0.3 is 20.4 Å². The first-order chi connectivity index (χ1) is 9.66. The summed E-state index contributed by atoms with van der Waals surface area (Å²) in [5.74, 6) is -4.23. The Morgan fingerprint density at radius 1 is 0.818 bits per heavy atom. The van der Waals surface area contributed by atoms with Crippen LogP contribution in [-0.4, -0.2) is 73.9 Å². The van der Waals surface area contributed by atoms with Crippen molar-refractivity contribution >= 4 is 53.4 Å². The van der Waals surface area contributed by atoms with Gasteiger partial charge in [-0.2, -0.15) is 0 Å². The Kier molecular flexibility index (Phi) is 17.2. The number of carbonyl (C=O) groups is 4. The molecule has 0 spiro atoms. The molecule has 0 amide bonds. The molecule has 0 atom stereocenters. The second-order valence-electron chi connectivity index (χ2n) is 3.20. The van der Waals surface area contributed by atoms with Gasteiger partial charge in [-0.15, -0.1) is 0 Å². The minimum atomic E-state index is -1.26. The molecule has 1 aromatic rings. The van der Waals surface area contributed by atoms with Crippen molar-refractivity contribution in [2.75, 3.05) is 0 Å². The number of rotatable bonds is 3. The zero-order valence-electron chi connectivity index (χ0n) is 11.0. The first kappa shape index (κ1) is 24.8. The van der Waals surface area contributed by atoms with E-state index in [0.29, 0.717) is 17.7 Å². The molecule has 1 aromatic carbocycles. The number of hydrogen-bond donors (Lipinski definition) is 4. The zero-order valence-corrected chi connectivity index (χ0v) is 11.0. The number of carboxylic acid groups (broad SMARTS) is 4. The van der Waals surface area contributed by atoms with Crippen LogP contribution in [0.15, 0.2) is 42.5 Å². The van der Waals surface area contributed by atoms with E-state index in [-0.39, 0.29) is 29.6 Å². The molecule has 0 bridgehead atoms. The molecule has 0 aliphatic rings. The predicted molar refractivity (Wildman–Crippen MR) is 78.3 cm³/mol. The van der Waals surface area contributed by atoms with Gasteiger partial charge in [-0.05, 0) is 12.1 Å². The van der Waals surface area contributed by atoms with Gasteiger partial charge in [0.25, 0.3) is 5.97 Å². The molecule has 8 nitrogen and oxygen atoms in total. The van der Waals surface area contributed by atoms with Crippen molar-refractivity contribution in [2.24, 2.45) is 0 Å². The van der Waals surface area contributed by atoms with Crippen LogP contribution in [0.1, 0.15) is 17.3 Å². The molecular formula is C13H15NaO8. The number of benzene rings is 1. The van der Waals surface area contributed by atoms with Gasteiger partial charge in [0.2, 0.25) is 0 Å². The Bertz CT molecular complexity index is 490.